The van der Waals surface area contributed by atoms with Crippen molar-refractivity contribution in [1.82, 2.24) is 5.32 Å². The molecule has 0 atom stereocenters. The van der Waals surface area contributed by atoms with E-state index >= 15 is 0 Å². The number of amides is 1. The molecule has 0 aromatic heterocycles. The second-order valence-corrected chi connectivity index (χ2v) is 4.51. The molecule has 0 aliphatic carbocycles. The van der Waals surface area contributed by atoms with Gasteiger partial charge < -0.3 is 10.6 Å². The van der Waals surface area contributed by atoms with Crippen molar-refractivity contribution >= 4 is 27.5 Å². The van der Waals surface area contributed by atoms with Crippen LogP contribution in [0, 0.1) is 0 Å². The van der Waals surface area contributed by atoms with Crippen molar-refractivity contribution in [1.29, 1.82) is 0 Å². The Kier molecular flexibility index (Phi) is 6.58. The van der Waals surface area contributed by atoms with Crippen molar-refractivity contribution in [2.45, 2.75) is 13.3 Å². The van der Waals surface area contributed by atoms with Gasteiger partial charge >= 0.3 is 0 Å². The number of carbonyl (C=O) groups excluding carboxylic acids is 1. The molecule has 1 rings (SSSR count). The third-order valence-corrected chi connectivity index (χ3v) is 2.61. The molecule has 0 unspecified atom stereocenters. The molecule has 3 nitrogen and oxygen atoms in total. The molecule has 17 heavy (non-hydrogen) atoms. The minimum absolute atomic E-state index is 0.0245. The normalized spacial score (nSPS) is 10.7. The highest BCUT2D eigenvalue weighted by atomic mass is 79.9. The van der Waals surface area contributed by atoms with Crippen LogP contribution in [0.2, 0.25) is 0 Å². The predicted octanol–water partition coefficient (Wildman–Crippen LogP) is 2.94. The van der Waals surface area contributed by atoms with E-state index in [1.54, 1.807) is 0 Å². The molecule has 0 aliphatic rings. The number of halogens is 1. The van der Waals surface area contributed by atoms with Gasteiger partial charge in [0.2, 0.25) is 5.91 Å². The summed E-state index contributed by atoms with van der Waals surface area (Å²) in [7, 11) is 0. The monoisotopic (exact) mass is 296 g/mol. The van der Waals surface area contributed by atoms with Gasteiger partial charge in [0.05, 0.1) is 6.54 Å². The third kappa shape index (κ3) is 6.24. The van der Waals surface area contributed by atoms with Crippen LogP contribution in [0.25, 0.3) is 0 Å². The lowest BCUT2D eigenvalue weighted by molar-refractivity contribution is -0.115. The van der Waals surface area contributed by atoms with Gasteiger partial charge in [0.1, 0.15) is 0 Å². The number of carbonyl (C=O) groups is 1. The summed E-state index contributed by atoms with van der Waals surface area (Å²) >= 11 is 3.36. The van der Waals surface area contributed by atoms with Crippen LogP contribution in [0.1, 0.15) is 13.3 Å². The zero-order valence-corrected chi connectivity index (χ0v) is 11.5. The van der Waals surface area contributed by atoms with Gasteiger partial charge in [-0.25, -0.2) is 0 Å². The molecule has 4 heteroatoms. The van der Waals surface area contributed by atoms with Crippen LogP contribution in [0.4, 0.5) is 5.69 Å². The highest BCUT2D eigenvalue weighted by Gasteiger charge is 2.01. The van der Waals surface area contributed by atoms with Gasteiger partial charge in [0.15, 0.2) is 0 Å². The molecule has 2 N–H and O–H groups in total. The molecule has 0 fully saturated rings. The van der Waals surface area contributed by atoms with Gasteiger partial charge in [-0.3, -0.25) is 4.79 Å². The molecule has 0 saturated heterocycles. The highest BCUT2D eigenvalue weighted by molar-refractivity contribution is 9.10. The number of rotatable bonds is 6. The zero-order chi connectivity index (χ0) is 12.5. The van der Waals surface area contributed by atoms with Crippen molar-refractivity contribution in [3.8, 4) is 0 Å². The van der Waals surface area contributed by atoms with Gasteiger partial charge in [-0.15, -0.1) is 0 Å². The van der Waals surface area contributed by atoms with E-state index in [9.17, 15) is 4.79 Å². The molecule has 0 saturated carbocycles. The summed E-state index contributed by atoms with van der Waals surface area (Å²) in [5.41, 5.74) is 0.805. The Balaban J connectivity index is 2.25. The Labute approximate surface area is 110 Å². The molecule has 0 spiro atoms. The molecular formula is C13H17BrN2O. The van der Waals surface area contributed by atoms with E-state index in [0.717, 1.165) is 23.1 Å². The molecule has 0 heterocycles. The van der Waals surface area contributed by atoms with Crippen LogP contribution in [0.3, 0.4) is 0 Å². The number of nitrogens with one attached hydrogen (secondary N) is 2. The van der Waals surface area contributed by atoms with Crippen molar-refractivity contribution < 1.29 is 4.79 Å². The fraction of sp³-hybridized carbons (Fsp3) is 0.308. The van der Waals surface area contributed by atoms with E-state index in [2.05, 4.69) is 32.6 Å². The van der Waals surface area contributed by atoms with Crippen LogP contribution < -0.4 is 10.6 Å². The Morgan fingerprint density at radius 2 is 2.29 bits per heavy atom. The summed E-state index contributed by atoms with van der Waals surface area (Å²) in [5, 5.41) is 5.90. The fourth-order valence-corrected chi connectivity index (χ4v) is 1.72. The van der Waals surface area contributed by atoms with Crippen LogP contribution in [-0.2, 0) is 4.79 Å². The van der Waals surface area contributed by atoms with E-state index in [-0.39, 0.29) is 5.91 Å². The van der Waals surface area contributed by atoms with Gasteiger partial charge in [0.25, 0.3) is 0 Å². The third-order valence-electron chi connectivity index (χ3n) is 2.12. The standard InChI is InChI=1S/C13H17BrN2O/c1-2-3-4-8-15-10-13(17)16-12-7-5-6-11(14)9-12/h2-3,5-7,9,15H,4,8,10H2,1H3,(H,16,17)/b3-2+. The molecule has 0 aliphatic heterocycles. The topological polar surface area (TPSA) is 41.1 Å². The highest BCUT2D eigenvalue weighted by Crippen LogP contribution is 2.15. The average Bonchev–Trinajstić information content (AvgIpc) is 2.29. The lowest BCUT2D eigenvalue weighted by atomic mass is 10.3. The van der Waals surface area contributed by atoms with Crippen molar-refractivity contribution in [3.05, 3.63) is 40.9 Å². The van der Waals surface area contributed by atoms with Crippen molar-refractivity contribution in [2.75, 3.05) is 18.4 Å². The lowest BCUT2D eigenvalue weighted by Gasteiger charge is -2.06. The van der Waals surface area contributed by atoms with E-state index in [0.29, 0.717) is 6.54 Å². The first kappa shape index (κ1) is 13.9. The molecule has 1 aromatic carbocycles. The second kappa shape index (κ2) is 8.03. The molecular weight excluding hydrogens is 280 g/mol. The van der Waals surface area contributed by atoms with Gasteiger partial charge in [-0.2, -0.15) is 0 Å². The largest absolute Gasteiger partial charge is 0.325 e. The molecule has 0 bridgehead atoms. The summed E-state index contributed by atoms with van der Waals surface area (Å²) in [6.45, 7) is 3.14. The molecule has 1 aromatic rings. The number of benzene rings is 1. The van der Waals surface area contributed by atoms with Crippen LogP contribution >= 0.6 is 15.9 Å². The number of hydrogen-bond donors (Lipinski definition) is 2. The maximum absolute atomic E-state index is 11.5. The van der Waals surface area contributed by atoms with Crippen molar-refractivity contribution in [3.63, 3.8) is 0 Å². The molecule has 0 radical (unpaired) electrons. The summed E-state index contributed by atoms with van der Waals surface area (Å²) in [6.07, 6.45) is 5.02. The number of hydrogen-bond acceptors (Lipinski definition) is 2. The quantitative estimate of drug-likeness (QED) is 0.626. The molecule has 1 amide bonds. The fourth-order valence-electron chi connectivity index (χ4n) is 1.33. The van der Waals surface area contributed by atoms with E-state index in [1.807, 2.05) is 37.3 Å². The predicted molar refractivity (Wildman–Crippen MR) is 75.1 cm³/mol. The minimum atomic E-state index is -0.0245. The lowest BCUT2D eigenvalue weighted by Crippen LogP contribution is -2.28. The maximum atomic E-state index is 11.5. The smallest absolute Gasteiger partial charge is 0.238 e. The first-order valence-electron chi connectivity index (χ1n) is 5.59. The Bertz CT molecular complexity index is 391. The van der Waals surface area contributed by atoms with Gasteiger partial charge in [-0.05, 0) is 38.1 Å². The summed E-state index contributed by atoms with van der Waals surface area (Å²) in [6, 6.07) is 7.55. The SMILES string of the molecule is C/C=C/CCNCC(=O)Nc1cccc(Br)c1. The van der Waals surface area contributed by atoms with Gasteiger partial charge in [-0.1, -0.05) is 34.1 Å². The zero-order valence-electron chi connectivity index (χ0n) is 9.87. The Morgan fingerprint density at radius 1 is 1.47 bits per heavy atom. The van der Waals surface area contributed by atoms with Crippen molar-refractivity contribution in [2.24, 2.45) is 0 Å². The number of allylic oxidation sites excluding steroid dienone is 1. The summed E-state index contributed by atoms with van der Waals surface area (Å²) in [4.78, 5) is 11.5. The summed E-state index contributed by atoms with van der Waals surface area (Å²) < 4.78 is 0.955. The summed E-state index contributed by atoms with van der Waals surface area (Å²) in [5.74, 6) is -0.0245. The minimum Gasteiger partial charge on any atom is -0.325 e. The Morgan fingerprint density at radius 3 is 3.00 bits per heavy atom. The number of anilines is 1. The van der Waals surface area contributed by atoms with E-state index < -0.39 is 0 Å². The second-order valence-electron chi connectivity index (χ2n) is 3.59. The van der Waals surface area contributed by atoms with Crippen LogP contribution in [0.5, 0.6) is 0 Å². The molecule has 92 valence electrons. The van der Waals surface area contributed by atoms with Gasteiger partial charge in [0, 0.05) is 10.2 Å². The average molecular weight is 297 g/mol. The van der Waals surface area contributed by atoms with Crippen LogP contribution in [0.15, 0.2) is 40.9 Å². The Hall–Kier alpha value is -1.13. The van der Waals surface area contributed by atoms with Crippen LogP contribution in [-0.4, -0.2) is 19.0 Å². The first-order chi connectivity index (χ1) is 8.22. The maximum Gasteiger partial charge on any atom is 0.238 e. The van der Waals surface area contributed by atoms with E-state index in [1.165, 1.54) is 0 Å². The first-order valence-corrected chi connectivity index (χ1v) is 6.39. The van der Waals surface area contributed by atoms with E-state index in [4.69, 9.17) is 0 Å².